The fraction of sp³-hybridized carbons (Fsp3) is 0.938. The molecule has 4 heteroatoms. The van der Waals surface area contributed by atoms with E-state index in [-0.39, 0.29) is 5.41 Å². The highest BCUT2D eigenvalue weighted by molar-refractivity contribution is 5.83. The van der Waals surface area contributed by atoms with Gasteiger partial charge in [-0.2, -0.15) is 0 Å². The minimum absolute atomic E-state index is 0.143. The average Bonchev–Trinajstić information content (AvgIpc) is 2.60. The average molecular weight is 282 g/mol. The van der Waals surface area contributed by atoms with Crippen molar-refractivity contribution in [3.05, 3.63) is 0 Å². The zero-order valence-corrected chi connectivity index (χ0v) is 13.1. The molecule has 1 unspecified atom stereocenters. The molecule has 0 aliphatic carbocycles. The van der Waals surface area contributed by atoms with E-state index in [4.69, 9.17) is 0 Å². The molecular weight excluding hydrogens is 252 g/mol. The van der Waals surface area contributed by atoms with E-state index in [0.29, 0.717) is 18.9 Å². The Kier molecular flexibility index (Phi) is 5.08. The molecule has 0 bridgehead atoms. The second kappa shape index (κ2) is 6.44. The van der Waals surface area contributed by atoms with Gasteiger partial charge in [-0.15, -0.1) is 0 Å². The lowest BCUT2D eigenvalue weighted by Gasteiger charge is -2.40. The van der Waals surface area contributed by atoms with Crippen molar-refractivity contribution in [2.45, 2.75) is 64.4 Å². The van der Waals surface area contributed by atoms with Gasteiger partial charge in [-0.1, -0.05) is 13.3 Å². The molecule has 116 valence electrons. The van der Waals surface area contributed by atoms with Crippen LogP contribution in [0.15, 0.2) is 0 Å². The molecule has 0 aromatic rings. The number of likely N-dealkylation sites (tertiary alicyclic amines) is 1. The molecule has 20 heavy (non-hydrogen) atoms. The number of hydrogen-bond acceptors (Lipinski definition) is 3. The van der Waals surface area contributed by atoms with E-state index in [1.165, 1.54) is 0 Å². The first-order valence-electron chi connectivity index (χ1n) is 8.22. The van der Waals surface area contributed by atoms with Gasteiger partial charge in [0.15, 0.2) is 0 Å². The van der Waals surface area contributed by atoms with Gasteiger partial charge in [0.1, 0.15) is 0 Å². The lowest BCUT2D eigenvalue weighted by atomic mass is 9.74. The zero-order valence-electron chi connectivity index (χ0n) is 13.1. The topological polar surface area (TPSA) is 52.6 Å². The lowest BCUT2D eigenvalue weighted by Crippen LogP contribution is -2.49. The van der Waals surface area contributed by atoms with Gasteiger partial charge in [-0.3, -0.25) is 4.79 Å². The van der Waals surface area contributed by atoms with Crippen LogP contribution in [0.1, 0.15) is 58.8 Å². The van der Waals surface area contributed by atoms with Crippen LogP contribution in [-0.4, -0.2) is 47.7 Å². The van der Waals surface area contributed by atoms with Crippen molar-refractivity contribution in [3.63, 3.8) is 0 Å². The second-order valence-electron chi connectivity index (χ2n) is 6.92. The van der Waals surface area contributed by atoms with Crippen LogP contribution < -0.4 is 5.32 Å². The number of rotatable bonds is 3. The van der Waals surface area contributed by atoms with Gasteiger partial charge in [0.2, 0.25) is 5.91 Å². The fourth-order valence-electron chi connectivity index (χ4n) is 3.76. The second-order valence-corrected chi connectivity index (χ2v) is 6.92. The minimum atomic E-state index is -0.596. The summed E-state index contributed by atoms with van der Waals surface area (Å²) >= 11 is 0. The lowest BCUT2D eigenvalue weighted by molar-refractivity contribution is -0.144. The molecule has 2 fully saturated rings. The SMILES string of the molecule is CCCC1(C(=O)N2CCCC(C)(O)CC2)CCNCC1. The van der Waals surface area contributed by atoms with Gasteiger partial charge in [0, 0.05) is 13.1 Å². The Bertz CT molecular complexity index is 330. The van der Waals surface area contributed by atoms with Crippen molar-refractivity contribution in [1.82, 2.24) is 10.2 Å². The van der Waals surface area contributed by atoms with Crippen molar-refractivity contribution in [2.24, 2.45) is 5.41 Å². The molecule has 1 atom stereocenters. The van der Waals surface area contributed by atoms with E-state index in [9.17, 15) is 9.90 Å². The zero-order chi connectivity index (χ0) is 14.6. The Balaban J connectivity index is 2.07. The summed E-state index contributed by atoms with van der Waals surface area (Å²) in [6.07, 6.45) is 6.42. The predicted molar refractivity (Wildman–Crippen MR) is 80.5 cm³/mol. The molecule has 2 aliphatic heterocycles. The molecule has 2 saturated heterocycles. The third-order valence-electron chi connectivity index (χ3n) is 5.09. The van der Waals surface area contributed by atoms with Crippen LogP contribution in [0, 0.1) is 5.41 Å². The van der Waals surface area contributed by atoms with Gasteiger partial charge < -0.3 is 15.3 Å². The number of nitrogens with one attached hydrogen (secondary N) is 1. The Morgan fingerprint density at radius 1 is 1.20 bits per heavy atom. The number of nitrogens with zero attached hydrogens (tertiary/aromatic N) is 1. The summed E-state index contributed by atoms with van der Waals surface area (Å²) in [4.78, 5) is 15.1. The highest BCUT2D eigenvalue weighted by Crippen LogP contribution is 2.37. The molecule has 2 heterocycles. The highest BCUT2D eigenvalue weighted by Gasteiger charge is 2.42. The van der Waals surface area contributed by atoms with Crippen LogP contribution in [0.25, 0.3) is 0 Å². The number of carbonyl (C=O) groups is 1. The first-order chi connectivity index (χ1) is 9.49. The maximum atomic E-state index is 13.0. The number of aliphatic hydroxyl groups is 1. The Hall–Kier alpha value is -0.610. The third-order valence-corrected chi connectivity index (χ3v) is 5.09. The summed E-state index contributed by atoms with van der Waals surface area (Å²) < 4.78 is 0. The highest BCUT2D eigenvalue weighted by atomic mass is 16.3. The van der Waals surface area contributed by atoms with Crippen LogP contribution in [0.2, 0.25) is 0 Å². The fourth-order valence-corrected chi connectivity index (χ4v) is 3.76. The van der Waals surface area contributed by atoms with E-state index in [2.05, 4.69) is 12.2 Å². The molecule has 2 rings (SSSR count). The maximum Gasteiger partial charge on any atom is 0.228 e. The molecule has 2 aliphatic rings. The summed E-state index contributed by atoms with van der Waals surface area (Å²) in [5, 5.41) is 13.6. The van der Waals surface area contributed by atoms with E-state index in [1.807, 2.05) is 11.8 Å². The maximum absolute atomic E-state index is 13.0. The van der Waals surface area contributed by atoms with E-state index >= 15 is 0 Å². The molecule has 1 amide bonds. The summed E-state index contributed by atoms with van der Waals surface area (Å²) in [5.41, 5.74) is -0.739. The van der Waals surface area contributed by atoms with Gasteiger partial charge in [0.05, 0.1) is 11.0 Å². The molecular formula is C16H30N2O2. The summed E-state index contributed by atoms with van der Waals surface area (Å²) in [6, 6.07) is 0. The largest absolute Gasteiger partial charge is 0.390 e. The van der Waals surface area contributed by atoms with Crippen LogP contribution in [-0.2, 0) is 4.79 Å². The Morgan fingerprint density at radius 3 is 2.55 bits per heavy atom. The minimum Gasteiger partial charge on any atom is -0.390 e. The third kappa shape index (κ3) is 3.53. The molecule has 0 saturated carbocycles. The molecule has 2 N–H and O–H groups in total. The molecule has 0 aromatic heterocycles. The molecule has 0 radical (unpaired) electrons. The first kappa shape index (κ1) is 15.8. The number of hydrogen-bond donors (Lipinski definition) is 2. The van der Waals surface area contributed by atoms with E-state index in [0.717, 1.165) is 58.2 Å². The first-order valence-corrected chi connectivity index (χ1v) is 8.22. The van der Waals surface area contributed by atoms with Crippen molar-refractivity contribution >= 4 is 5.91 Å². The number of amides is 1. The van der Waals surface area contributed by atoms with Gasteiger partial charge in [-0.25, -0.2) is 0 Å². The molecule has 0 spiro atoms. The smallest absolute Gasteiger partial charge is 0.228 e. The number of carbonyl (C=O) groups excluding carboxylic acids is 1. The summed E-state index contributed by atoms with van der Waals surface area (Å²) in [6.45, 7) is 7.50. The quantitative estimate of drug-likeness (QED) is 0.831. The standard InChI is InChI=1S/C16H30N2O2/c1-3-5-16(7-10-17-11-8-16)14(19)18-12-4-6-15(2,20)9-13-18/h17,20H,3-13H2,1-2H3. The summed E-state index contributed by atoms with van der Waals surface area (Å²) in [5.74, 6) is 0.346. The van der Waals surface area contributed by atoms with Crippen molar-refractivity contribution in [2.75, 3.05) is 26.2 Å². The van der Waals surface area contributed by atoms with Gasteiger partial charge in [0.25, 0.3) is 0 Å². The van der Waals surface area contributed by atoms with Crippen molar-refractivity contribution < 1.29 is 9.90 Å². The van der Waals surface area contributed by atoms with Crippen LogP contribution in [0.5, 0.6) is 0 Å². The van der Waals surface area contributed by atoms with Crippen LogP contribution in [0.3, 0.4) is 0 Å². The van der Waals surface area contributed by atoms with E-state index < -0.39 is 5.60 Å². The van der Waals surface area contributed by atoms with Crippen molar-refractivity contribution in [1.29, 1.82) is 0 Å². The predicted octanol–water partition coefficient (Wildman–Crippen LogP) is 1.92. The molecule has 0 aromatic carbocycles. The van der Waals surface area contributed by atoms with Crippen molar-refractivity contribution in [3.8, 4) is 0 Å². The Morgan fingerprint density at radius 2 is 1.90 bits per heavy atom. The van der Waals surface area contributed by atoms with Gasteiger partial charge >= 0.3 is 0 Å². The van der Waals surface area contributed by atoms with Crippen LogP contribution >= 0.6 is 0 Å². The normalized spacial score (nSPS) is 30.9. The van der Waals surface area contributed by atoms with Gasteiger partial charge in [-0.05, 0) is 58.5 Å². The van der Waals surface area contributed by atoms with E-state index in [1.54, 1.807) is 0 Å². The van der Waals surface area contributed by atoms with Crippen LogP contribution in [0.4, 0.5) is 0 Å². The summed E-state index contributed by atoms with van der Waals surface area (Å²) in [7, 11) is 0. The molecule has 4 nitrogen and oxygen atoms in total. The number of piperidine rings is 1. The monoisotopic (exact) mass is 282 g/mol. The Labute approximate surface area is 122 Å².